The number of rotatable bonds is 5. The highest BCUT2D eigenvalue weighted by atomic mass is 35.5. The zero-order valence-corrected chi connectivity index (χ0v) is 15.2. The van der Waals surface area contributed by atoms with Crippen LogP contribution in [0, 0.1) is 5.41 Å². The first-order chi connectivity index (χ1) is 11.8. The molecule has 2 aliphatic heterocycles. The predicted molar refractivity (Wildman–Crippen MR) is 90.4 cm³/mol. The molecule has 0 aromatic heterocycles. The first kappa shape index (κ1) is 18.4. The summed E-state index contributed by atoms with van der Waals surface area (Å²) in [6.45, 7) is 1.65. The summed E-state index contributed by atoms with van der Waals surface area (Å²) in [5, 5.41) is 8.71. The second-order valence-corrected chi connectivity index (χ2v) is 8.86. The second-order valence-electron chi connectivity index (χ2n) is 6.52. The quantitative estimate of drug-likeness (QED) is 0.827. The van der Waals surface area contributed by atoms with E-state index in [2.05, 4.69) is 0 Å². The number of benzene rings is 1. The molecule has 0 bridgehead atoms. The molecular weight excluding hydrogens is 370 g/mol. The van der Waals surface area contributed by atoms with Gasteiger partial charge in [0, 0.05) is 25.1 Å². The van der Waals surface area contributed by atoms with Crippen molar-refractivity contribution in [2.24, 2.45) is 5.41 Å². The molecule has 1 N–H and O–H groups in total. The summed E-state index contributed by atoms with van der Waals surface area (Å²) >= 11 is 6.06. The van der Waals surface area contributed by atoms with Crippen molar-refractivity contribution in [1.82, 2.24) is 4.31 Å². The summed E-state index contributed by atoms with van der Waals surface area (Å²) < 4.78 is 37.9. The maximum atomic E-state index is 12.9. The fourth-order valence-electron chi connectivity index (χ4n) is 3.39. The van der Waals surface area contributed by atoms with Gasteiger partial charge in [-0.05, 0) is 37.5 Å². The second kappa shape index (κ2) is 7.11. The van der Waals surface area contributed by atoms with E-state index in [0.717, 1.165) is 19.3 Å². The number of sulfonamides is 1. The molecule has 2 fully saturated rings. The Morgan fingerprint density at radius 1 is 1.40 bits per heavy atom. The highest BCUT2D eigenvalue weighted by Crippen LogP contribution is 2.39. The summed E-state index contributed by atoms with van der Waals surface area (Å²) in [7, 11) is -3.67. The zero-order valence-electron chi connectivity index (χ0n) is 13.6. The van der Waals surface area contributed by atoms with Crippen molar-refractivity contribution in [2.75, 3.05) is 32.9 Å². The molecule has 9 heteroatoms. The molecular formula is C16H20ClNO6S. The minimum absolute atomic E-state index is 0.0678. The average molecular weight is 390 g/mol. The third-order valence-electron chi connectivity index (χ3n) is 4.70. The van der Waals surface area contributed by atoms with E-state index >= 15 is 0 Å². The Morgan fingerprint density at radius 3 is 2.84 bits per heavy atom. The fourth-order valence-corrected chi connectivity index (χ4v) is 5.30. The third kappa shape index (κ3) is 3.92. The fraction of sp³-hybridized carbons (Fsp3) is 0.562. The van der Waals surface area contributed by atoms with Gasteiger partial charge in [0.1, 0.15) is 5.75 Å². The van der Waals surface area contributed by atoms with Crippen LogP contribution in [0.15, 0.2) is 23.1 Å². The SMILES string of the molecule is O=C(O)COc1ccc(S(=O)(=O)N2CCCC3(CCOC3)C2)cc1Cl. The van der Waals surface area contributed by atoms with Crippen molar-refractivity contribution < 1.29 is 27.8 Å². The number of aliphatic carboxylic acids is 1. The number of carboxylic acid groups (broad SMARTS) is 1. The van der Waals surface area contributed by atoms with Gasteiger partial charge in [-0.25, -0.2) is 13.2 Å². The van der Waals surface area contributed by atoms with Crippen molar-refractivity contribution in [2.45, 2.75) is 24.2 Å². The van der Waals surface area contributed by atoms with Gasteiger partial charge < -0.3 is 14.6 Å². The number of carbonyl (C=O) groups is 1. The summed E-state index contributed by atoms with van der Waals surface area (Å²) in [4.78, 5) is 10.6. The number of hydrogen-bond donors (Lipinski definition) is 1. The number of hydrogen-bond acceptors (Lipinski definition) is 5. The van der Waals surface area contributed by atoms with Crippen LogP contribution < -0.4 is 4.74 Å². The first-order valence-corrected chi connectivity index (χ1v) is 9.86. The van der Waals surface area contributed by atoms with Crippen LogP contribution >= 0.6 is 11.6 Å². The van der Waals surface area contributed by atoms with Crippen LogP contribution in [0.2, 0.25) is 5.02 Å². The molecule has 138 valence electrons. The molecule has 1 atom stereocenters. The van der Waals surface area contributed by atoms with Crippen LogP contribution in [-0.2, 0) is 19.6 Å². The molecule has 7 nitrogen and oxygen atoms in total. The lowest BCUT2D eigenvalue weighted by molar-refractivity contribution is -0.139. The van der Waals surface area contributed by atoms with Gasteiger partial charge >= 0.3 is 5.97 Å². The minimum Gasteiger partial charge on any atom is -0.480 e. The normalized spacial score (nSPS) is 24.5. The van der Waals surface area contributed by atoms with E-state index in [1.54, 1.807) is 0 Å². The highest BCUT2D eigenvalue weighted by Gasteiger charge is 2.42. The lowest BCUT2D eigenvalue weighted by atomic mass is 9.80. The smallest absolute Gasteiger partial charge is 0.341 e. The van der Waals surface area contributed by atoms with E-state index < -0.39 is 22.6 Å². The molecule has 0 aliphatic carbocycles. The Balaban J connectivity index is 1.79. The molecule has 0 radical (unpaired) electrons. The van der Waals surface area contributed by atoms with Crippen LogP contribution in [0.25, 0.3) is 0 Å². The van der Waals surface area contributed by atoms with Gasteiger partial charge in [-0.2, -0.15) is 4.31 Å². The van der Waals surface area contributed by atoms with E-state index in [9.17, 15) is 13.2 Å². The van der Waals surface area contributed by atoms with Crippen molar-refractivity contribution >= 4 is 27.6 Å². The maximum absolute atomic E-state index is 12.9. The molecule has 1 aromatic carbocycles. The summed E-state index contributed by atoms with van der Waals surface area (Å²) in [5.41, 5.74) is -0.0837. The molecule has 2 saturated heterocycles. The van der Waals surface area contributed by atoms with Gasteiger partial charge in [-0.3, -0.25) is 0 Å². The molecule has 1 aromatic rings. The summed E-state index contributed by atoms with van der Waals surface area (Å²) in [6.07, 6.45) is 2.65. The van der Waals surface area contributed by atoms with E-state index in [1.807, 2.05) is 0 Å². The molecule has 25 heavy (non-hydrogen) atoms. The summed E-state index contributed by atoms with van der Waals surface area (Å²) in [5.74, 6) is -0.993. The van der Waals surface area contributed by atoms with Gasteiger partial charge in [0.05, 0.1) is 16.5 Å². The topological polar surface area (TPSA) is 93.1 Å². The molecule has 0 amide bonds. The van der Waals surface area contributed by atoms with E-state index in [1.165, 1.54) is 22.5 Å². The largest absolute Gasteiger partial charge is 0.480 e. The highest BCUT2D eigenvalue weighted by molar-refractivity contribution is 7.89. The monoisotopic (exact) mass is 389 g/mol. The minimum atomic E-state index is -3.67. The van der Waals surface area contributed by atoms with E-state index in [0.29, 0.717) is 26.3 Å². The van der Waals surface area contributed by atoms with Gasteiger partial charge in [0.15, 0.2) is 6.61 Å². The lowest BCUT2D eigenvalue weighted by Crippen LogP contribution is -2.46. The standard InChI is InChI=1S/C16H20ClNO6S/c17-13-8-12(2-3-14(13)24-9-15(19)20)25(21,22)18-6-1-4-16(10-18)5-7-23-11-16/h2-3,8H,1,4-7,9-11H2,(H,19,20). The Labute approximate surface area is 151 Å². The average Bonchev–Trinajstić information content (AvgIpc) is 3.01. The van der Waals surface area contributed by atoms with Gasteiger partial charge in [0.25, 0.3) is 0 Å². The molecule has 2 heterocycles. The van der Waals surface area contributed by atoms with Crippen LogP contribution in [0.4, 0.5) is 0 Å². The third-order valence-corrected chi connectivity index (χ3v) is 6.84. The Hall–Kier alpha value is -1.35. The molecule has 1 spiro atoms. The molecule has 2 aliphatic rings. The number of piperidine rings is 1. The zero-order chi connectivity index (χ0) is 18.1. The molecule has 3 rings (SSSR count). The lowest BCUT2D eigenvalue weighted by Gasteiger charge is -2.38. The van der Waals surface area contributed by atoms with Crippen LogP contribution in [0.1, 0.15) is 19.3 Å². The number of ether oxygens (including phenoxy) is 2. The van der Waals surface area contributed by atoms with Gasteiger partial charge in [-0.1, -0.05) is 11.6 Å². The van der Waals surface area contributed by atoms with Crippen LogP contribution in [0.3, 0.4) is 0 Å². The summed E-state index contributed by atoms with van der Waals surface area (Å²) in [6, 6.07) is 4.09. The van der Waals surface area contributed by atoms with E-state index in [-0.39, 0.29) is 21.1 Å². The number of carboxylic acids is 1. The van der Waals surface area contributed by atoms with E-state index in [4.69, 9.17) is 26.2 Å². The molecule has 0 saturated carbocycles. The Morgan fingerprint density at radius 2 is 2.20 bits per heavy atom. The van der Waals surface area contributed by atoms with Crippen molar-refractivity contribution in [3.05, 3.63) is 23.2 Å². The van der Waals surface area contributed by atoms with Crippen molar-refractivity contribution in [3.63, 3.8) is 0 Å². The van der Waals surface area contributed by atoms with Crippen molar-refractivity contribution in [1.29, 1.82) is 0 Å². The molecule has 1 unspecified atom stereocenters. The van der Waals surface area contributed by atoms with Gasteiger partial charge in [-0.15, -0.1) is 0 Å². The Kier molecular flexibility index (Phi) is 5.24. The maximum Gasteiger partial charge on any atom is 0.341 e. The van der Waals surface area contributed by atoms with Gasteiger partial charge in [0.2, 0.25) is 10.0 Å². The van der Waals surface area contributed by atoms with Crippen LogP contribution in [0.5, 0.6) is 5.75 Å². The first-order valence-electron chi connectivity index (χ1n) is 8.05. The Bertz CT molecular complexity index is 760. The predicted octanol–water partition coefficient (Wildman–Crippen LogP) is 1.99. The van der Waals surface area contributed by atoms with Crippen molar-refractivity contribution in [3.8, 4) is 5.75 Å². The number of nitrogens with zero attached hydrogens (tertiary/aromatic N) is 1. The van der Waals surface area contributed by atoms with Crippen LogP contribution in [-0.4, -0.2) is 56.7 Å². The number of halogens is 1.